The van der Waals surface area contributed by atoms with Crippen LogP contribution in [0.1, 0.15) is 53.4 Å². The van der Waals surface area contributed by atoms with Gasteiger partial charge >= 0.3 is 0 Å². The van der Waals surface area contributed by atoms with Crippen LogP contribution in [0.2, 0.25) is 0 Å². The van der Waals surface area contributed by atoms with Gasteiger partial charge in [-0.15, -0.1) is 0 Å². The molecule has 0 saturated heterocycles. The Kier molecular flexibility index (Phi) is 11.8. The van der Waals surface area contributed by atoms with Crippen molar-refractivity contribution in [2.75, 3.05) is 6.61 Å². The van der Waals surface area contributed by atoms with E-state index in [0.717, 1.165) is 19.3 Å². The molecule has 0 heterocycles. The highest BCUT2D eigenvalue weighted by Crippen LogP contribution is 2.11. The van der Waals surface area contributed by atoms with E-state index in [4.69, 9.17) is 5.11 Å². The minimum Gasteiger partial charge on any atom is -0.392 e. The molecule has 0 fully saturated rings. The number of aliphatic hydroxyl groups is 1. The molecule has 20 heavy (non-hydrogen) atoms. The predicted octanol–water partition coefficient (Wildman–Crippen LogP) is 5.51. The largest absolute Gasteiger partial charge is 0.392 e. The van der Waals surface area contributed by atoms with Gasteiger partial charge in [-0.2, -0.15) is 0 Å². The molecule has 0 aromatic carbocycles. The zero-order valence-electron chi connectivity index (χ0n) is 13.5. The second-order valence-corrected chi connectivity index (χ2v) is 5.42. The van der Waals surface area contributed by atoms with Crippen molar-refractivity contribution in [3.63, 3.8) is 0 Å². The van der Waals surface area contributed by atoms with Gasteiger partial charge in [-0.1, -0.05) is 59.3 Å². The van der Waals surface area contributed by atoms with Crippen LogP contribution in [-0.2, 0) is 0 Å². The number of hydrogen-bond donors (Lipinski definition) is 1. The molecule has 0 saturated carbocycles. The molecule has 1 N–H and O–H groups in total. The normalized spacial score (nSPS) is 13.4. The lowest BCUT2D eigenvalue weighted by Gasteiger charge is -2.00. The van der Waals surface area contributed by atoms with Gasteiger partial charge in [-0.3, -0.25) is 0 Å². The molecule has 0 amide bonds. The maximum Gasteiger partial charge on any atom is 0.0615 e. The molecule has 0 aliphatic rings. The van der Waals surface area contributed by atoms with Crippen LogP contribution in [0.3, 0.4) is 0 Å². The third-order valence-corrected chi connectivity index (χ3v) is 2.97. The zero-order chi connectivity index (χ0) is 15.2. The standard InChI is InChI=1S/C19H30O/c1-17(2)11-9-13-19(4)15-10-14-18(3)12-7-5-6-8-16-20/h5-8,11-12,15,20H,9-10,13-14,16H2,1-4H3/b7-5+,8-6+,18-12-,19-15+. The molecular formula is C19H30O. The molecule has 0 bridgehead atoms. The van der Waals surface area contributed by atoms with Gasteiger partial charge < -0.3 is 5.11 Å². The SMILES string of the molecule is CC(C)=CCC/C(C)=C/CC\C(C)=C/C=C/C=C/CO. The fraction of sp³-hybridized carbons (Fsp3) is 0.474. The van der Waals surface area contributed by atoms with Crippen molar-refractivity contribution < 1.29 is 5.11 Å². The Bertz CT molecular complexity index is 388. The van der Waals surface area contributed by atoms with E-state index in [1.807, 2.05) is 18.2 Å². The molecule has 1 nitrogen and oxygen atoms in total. The molecule has 0 atom stereocenters. The smallest absolute Gasteiger partial charge is 0.0615 e. The van der Waals surface area contributed by atoms with Crippen LogP contribution in [0, 0.1) is 0 Å². The lowest BCUT2D eigenvalue weighted by atomic mass is 10.1. The summed E-state index contributed by atoms with van der Waals surface area (Å²) in [6.07, 6.45) is 18.9. The molecule has 0 aliphatic heterocycles. The summed E-state index contributed by atoms with van der Waals surface area (Å²) in [5.41, 5.74) is 4.27. The Labute approximate surface area is 125 Å². The van der Waals surface area contributed by atoms with Gasteiger partial charge in [0.1, 0.15) is 0 Å². The van der Waals surface area contributed by atoms with E-state index in [1.165, 1.54) is 23.1 Å². The first-order valence-electron chi connectivity index (χ1n) is 7.45. The summed E-state index contributed by atoms with van der Waals surface area (Å²) in [7, 11) is 0. The Balaban J connectivity index is 3.96. The molecule has 0 aromatic heterocycles. The number of hydrogen-bond acceptors (Lipinski definition) is 1. The van der Waals surface area contributed by atoms with Crippen LogP contribution in [0.5, 0.6) is 0 Å². The maximum atomic E-state index is 8.59. The molecule has 0 rings (SSSR count). The van der Waals surface area contributed by atoms with E-state index in [-0.39, 0.29) is 6.61 Å². The van der Waals surface area contributed by atoms with E-state index >= 15 is 0 Å². The van der Waals surface area contributed by atoms with Crippen molar-refractivity contribution in [3.8, 4) is 0 Å². The average Bonchev–Trinajstić information content (AvgIpc) is 2.38. The summed E-state index contributed by atoms with van der Waals surface area (Å²) in [6, 6.07) is 0. The maximum absolute atomic E-state index is 8.59. The van der Waals surface area contributed by atoms with E-state index < -0.39 is 0 Å². The summed E-state index contributed by atoms with van der Waals surface area (Å²) >= 11 is 0. The fourth-order valence-electron chi connectivity index (χ4n) is 1.74. The van der Waals surface area contributed by atoms with Gasteiger partial charge in [0.15, 0.2) is 0 Å². The van der Waals surface area contributed by atoms with Gasteiger partial charge in [-0.05, 0) is 53.4 Å². The Morgan fingerprint density at radius 2 is 1.45 bits per heavy atom. The highest BCUT2D eigenvalue weighted by molar-refractivity contribution is 5.16. The van der Waals surface area contributed by atoms with Crippen molar-refractivity contribution in [1.82, 2.24) is 0 Å². The van der Waals surface area contributed by atoms with Crippen molar-refractivity contribution >= 4 is 0 Å². The molecule has 0 aliphatic carbocycles. The third kappa shape index (κ3) is 13.1. The number of aliphatic hydroxyl groups excluding tert-OH is 1. The first-order chi connectivity index (χ1) is 9.56. The third-order valence-electron chi connectivity index (χ3n) is 2.97. The Morgan fingerprint density at radius 3 is 2.10 bits per heavy atom. The zero-order valence-corrected chi connectivity index (χ0v) is 13.5. The van der Waals surface area contributed by atoms with E-state index in [2.05, 4.69) is 45.9 Å². The first kappa shape index (κ1) is 18.7. The Hall–Kier alpha value is -1.34. The second kappa shape index (κ2) is 12.7. The molecule has 0 unspecified atom stereocenters. The van der Waals surface area contributed by atoms with Gasteiger partial charge in [-0.25, -0.2) is 0 Å². The van der Waals surface area contributed by atoms with Crippen LogP contribution in [0.15, 0.2) is 59.3 Å². The molecule has 112 valence electrons. The molecular weight excluding hydrogens is 244 g/mol. The minimum atomic E-state index is 0.101. The van der Waals surface area contributed by atoms with Gasteiger partial charge in [0, 0.05) is 0 Å². The first-order valence-corrected chi connectivity index (χ1v) is 7.45. The van der Waals surface area contributed by atoms with Crippen LogP contribution >= 0.6 is 0 Å². The lowest BCUT2D eigenvalue weighted by molar-refractivity contribution is 0.343. The predicted molar refractivity (Wildman–Crippen MR) is 90.8 cm³/mol. The fourth-order valence-corrected chi connectivity index (χ4v) is 1.74. The molecule has 0 spiro atoms. The highest BCUT2D eigenvalue weighted by atomic mass is 16.2. The minimum absolute atomic E-state index is 0.101. The molecule has 0 radical (unpaired) electrons. The van der Waals surface area contributed by atoms with Crippen LogP contribution < -0.4 is 0 Å². The van der Waals surface area contributed by atoms with Crippen molar-refractivity contribution in [1.29, 1.82) is 0 Å². The summed E-state index contributed by atoms with van der Waals surface area (Å²) in [5.74, 6) is 0. The van der Waals surface area contributed by atoms with Crippen molar-refractivity contribution in [2.24, 2.45) is 0 Å². The lowest BCUT2D eigenvalue weighted by Crippen LogP contribution is -1.80. The molecule has 1 heteroatoms. The number of allylic oxidation sites excluding steroid dienone is 9. The van der Waals surface area contributed by atoms with E-state index in [0.29, 0.717) is 0 Å². The summed E-state index contributed by atoms with van der Waals surface area (Å²) in [5, 5.41) is 8.59. The summed E-state index contributed by atoms with van der Waals surface area (Å²) in [4.78, 5) is 0. The van der Waals surface area contributed by atoms with E-state index in [1.54, 1.807) is 6.08 Å². The number of rotatable bonds is 9. The van der Waals surface area contributed by atoms with Crippen LogP contribution in [0.4, 0.5) is 0 Å². The molecule has 0 aromatic rings. The van der Waals surface area contributed by atoms with Crippen molar-refractivity contribution in [3.05, 3.63) is 59.3 Å². The van der Waals surface area contributed by atoms with Crippen LogP contribution in [0.25, 0.3) is 0 Å². The topological polar surface area (TPSA) is 20.2 Å². The van der Waals surface area contributed by atoms with Gasteiger partial charge in [0.2, 0.25) is 0 Å². The quantitative estimate of drug-likeness (QED) is 0.434. The summed E-state index contributed by atoms with van der Waals surface area (Å²) in [6.45, 7) is 8.78. The second-order valence-electron chi connectivity index (χ2n) is 5.42. The highest BCUT2D eigenvalue weighted by Gasteiger charge is 1.91. The van der Waals surface area contributed by atoms with Gasteiger partial charge in [0.05, 0.1) is 6.61 Å². The average molecular weight is 274 g/mol. The Morgan fingerprint density at radius 1 is 0.800 bits per heavy atom. The van der Waals surface area contributed by atoms with Crippen molar-refractivity contribution in [2.45, 2.75) is 53.4 Å². The van der Waals surface area contributed by atoms with Gasteiger partial charge in [0.25, 0.3) is 0 Å². The summed E-state index contributed by atoms with van der Waals surface area (Å²) < 4.78 is 0. The monoisotopic (exact) mass is 274 g/mol. The van der Waals surface area contributed by atoms with E-state index in [9.17, 15) is 0 Å². The van der Waals surface area contributed by atoms with Crippen LogP contribution in [-0.4, -0.2) is 11.7 Å².